The van der Waals surface area contributed by atoms with Crippen molar-refractivity contribution in [1.29, 1.82) is 0 Å². The van der Waals surface area contributed by atoms with Crippen LogP contribution in [-0.4, -0.2) is 41.8 Å². The molecule has 0 N–H and O–H groups in total. The van der Waals surface area contributed by atoms with Crippen LogP contribution in [0.5, 0.6) is 0 Å². The van der Waals surface area contributed by atoms with Gasteiger partial charge in [0.05, 0.1) is 6.54 Å². The van der Waals surface area contributed by atoms with Crippen LogP contribution < -0.4 is 0 Å². The lowest BCUT2D eigenvalue weighted by molar-refractivity contribution is 0.0608. The van der Waals surface area contributed by atoms with Crippen molar-refractivity contribution < 1.29 is 18.1 Å². The maximum atomic E-state index is 9.92. The van der Waals surface area contributed by atoms with E-state index in [2.05, 4.69) is 4.99 Å². The van der Waals surface area contributed by atoms with Crippen molar-refractivity contribution >= 4 is 14.9 Å². The van der Waals surface area contributed by atoms with Crippen molar-refractivity contribution in [2.24, 2.45) is 4.99 Å². The van der Waals surface area contributed by atoms with E-state index >= 15 is 0 Å². The number of aliphatic imine (C=N–C) groups is 1. The van der Waals surface area contributed by atoms with E-state index in [4.69, 9.17) is 13.3 Å². The van der Waals surface area contributed by atoms with Crippen LogP contribution in [0.15, 0.2) is 4.99 Å². The second-order valence-electron chi connectivity index (χ2n) is 3.50. The van der Waals surface area contributed by atoms with E-state index < -0.39 is 8.80 Å². The molecule has 0 amide bonds. The smallest absolute Gasteiger partial charge is 0.377 e. The summed E-state index contributed by atoms with van der Waals surface area (Å²) in [5.41, 5.74) is 0. The van der Waals surface area contributed by atoms with Gasteiger partial charge in [-0.15, -0.1) is 0 Å². The number of hydrogen-bond acceptors (Lipinski definition) is 5. The lowest BCUT2D eigenvalue weighted by Gasteiger charge is -2.29. The fourth-order valence-electron chi connectivity index (χ4n) is 1.25. The molecule has 0 fully saturated rings. The highest BCUT2D eigenvalue weighted by Crippen LogP contribution is 2.19. The van der Waals surface area contributed by atoms with Gasteiger partial charge < -0.3 is 13.3 Å². The molecule has 0 aromatic heterocycles. The van der Waals surface area contributed by atoms with Gasteiger partial charge in [-0.25, -0.2) is 9.79 Å². The second kappa shape index (κ2) is 8.61. The largest absolute Gasteiger partial charge is 0.500 e. The van der Waals surface area contributed by atoms with E-state index in [1.54, 1.807) is 14.2 Å². The van der Waals surface area contributed by atoms with E-state index in [1.807, 2.05) is 13.8 Å². The Kier molecular flexibility index (Phi) is 8.33. The minimum absolute atomic E-state index is 0.112. The minimum atomic E-state index is -2.57. The zero-order valence-corrected chi connectivity index (χ0v) is 11.5. The SMILES string of the molecule is CCC(C)O[Si](CCCN=C=O)(OC)OC. The molecule has 0 aromatic carbocycles. The van der Waals surface area contributed by atoms with Gasteiger partial charge in [0.15, 0.2) is 0 Å². The Morgan fingerprint density at radius 3 is 2.44 bits per heavy atom. The van der Waals surface area contributed by atoms with Gasteiger partial charge in [0.25, 0.3) is 0 Å². The van der Waals surface area contributed by atoms with E-state index in [0.29, 0.717) is 19.0 Å². The normalized spacial score (nSPS) is 13.2. The first-order valence-electron chi connectivity index (χ1n) is 5.45. The van der Waals surface area contributed by atoms with Crippen LogP contribution in [0.3, 0.4) is 0 Å². The predicted molar refractivity (Wildman–Crippen MR) is 63.0 cm³/mol. The van der Waals surface area contributed by atoms with Crippen LogP contribution in [0, 0.1) is 0 Å². The summed E-state index contributed by atoms with van der Waals surface area (Å²) in [4.78, 5) is 13.4. The van der Waals surface area contributed by atoms with Crippen LogP contribution in [0.2, 0.25) is 6.04 Å². The van der Waals surface area contributed by atoms with E-state index in [0.717, 1.165) is 6.42 Å². The van der Waals surface area contributed by atoms with Crippen molar-refractivity contribution in [3.63, 3.8) is 0 Å². The number of nitrogens with zero attached hydrogens (tertiary/aromatic N) is 1. The van der Waals surface area contributed by atoms with Gasteiger partial charge in [-0.1, -0.05) is 6.92 Å². The van der Waals surface area contributed by atoms with Crippen molar-refractivity contribution in [3.05, 3.63) is 0 Å². The van der Waals surface area contributed by atoms with E-state index in [9.17, 15) is 4.79 Å². The second-order valence-corrected chi connectivity index (χ2v) is 6.42. The molecule has 0 bridgehead atoms. The third kappa shape index (κ3) is 5.53. The molecule has 94 valence electrons. The van der Waals surface area contributed by atoms with Gasteiger partial charge in [0.1, 0.15) is 0 Å². The van der Waals surface area contributed by atoms with E-state index in [1.165, 1.54) is 6.08 Å². The zero-order chi connectivity index (χ0) is 12.4. The summed E-state index contributed by atoms with van der Waals surface area (Å²) < 4.78 is 16.6. The molecular formula is C10H21NO4Si. The molecule has 0 radical (unpaired) electrons. The fourth-order valence-corrected chi connectivity index (χ4v) is 3.51. The Morgan fingerprint density at radius 2 is 2.00 bits per heavy atom. The molecular weight excluding hydrogens is 226 g/mol. The summed E-state index contributed by atoms with van der Waals surface area (Å²) in [6.07, 6.45) is 3.24. The van der Waals surface area contributed by atoms with Crippen LogP contribution >= 0.6 is 0 Å². The maximum Gasteiger partial charge on any atom is 0.500 e. The van der Waals surface area contributed by atoms with Crippen LogP contribution in [0.4, 0.5) is 0 Å². The highest BCUT2D eigenvalue weighted by atomic mass is 28.4. The Hall–Kier alpha value is -0.523. The maximum absolute atomic E-state index is 9.92. The van der Waals surface area contributed by atoms with Gasteiger partial charge >= 0.3 is 8.80 Å². The Balaban J connectivity index is 4.25. The summed E-state index contributed by atoms with van der Waals surface area (Å²) >= 11 is 0. The summed E-state index contributed by atoms with van der Waals surface area (Å²) in [6.45, 7) is 4.48. The van der Waals surface area contributed by atoms with Crippen molar-refractivity contribution in [2.45, 2.75) is 38.8 Å². The number of carbonyl (C=O) groups excluding carboxylic acids is 1. The molecule has 0 saturated carbocycles. The molecule has 5 nitrogen and oxygen atoms in total. The molecule has 0 aliphatic carbocycles. The van der Waals surface area contributed by atoms with Crippen LogP contribution in [0.1, 0.15) is 26.7 Å². The standard InChI is InChI=1S/C10H21NO4Si/c1-5-10(2)15-16(13-3,14-4)8-6-7-11-9-12/h10H,5-8H2,1-4H3. The molecule has 1 atom stereocenters. The Morgan fingerprint density at radius 1 is 1.38 bits per heavy atom. The number of isocyanates is 1. The van der Waals surface area contributed by atoms with E-state index in [-0.39, 0.29) is 6.10 Å². The summed E-state index contributed by atoms with van der Waals surface area (Å²) in [5, 5.41) is 0. The average Bonchev–Trinajstić information content (AvgIpc) is 2.33. The third-order valence-corrected chi connectivity index (χ3v) is 5.37. The van der Waals surface area contributed by atoms with Crippen molar-refractivity contribution in [3.8, 4) is 0 Å². The lowest BCUT2D eigenvalue weighted by Crippen LogP contribution is -2.46. The number of rotatable bonds is 9. The van der Waals surface area contributed by atoms with Crippen molar-refractivity contribution in [2.75, 3.05) is 20.8 Å². The highest BCUT2D eigenvalue weighted by molar-refractivity contribution is 6.60. The first kappa shape index (κ1) is 15.5. The fraction of sp³-hybridized carbons (Fsp3) is 0.900. The molecule has 0 spiro atoms. The van der Waals surface area contributed by atoms with Crippen LogP contribution in [-0.2, 0) is 18.1 Å². The topological polar surface area (TPSA) is 57.1 Å². The minimum Gasteiger partial charge on any atom is -0.377 e. The molecule has 1 unspecified atom stereocenters. The quantitative estimate of drug-likeness (QED) is 0.270. The van der Waals surface area contributed by atoms with Gasteiger partial charge in [0, 0.05) is 26.4 Å². The molecule has 6 heteroatoms. The first-order chi connectivity index (χ1) is 7.64. The highest BCUT2D eigenvalue weighted by Gasteiger charge is 2.39. The predicted octanol–water partition coefficient (Wildman–Crippen LogP) is 1.76. The lowest BCUT2D eigenvalue weighted by atomic mass is 10.3. The van der Waals surface area contributed by atoms with Gasteiger partial charge in [0.2, 0.25) is 6.08 Å². The molecule has 0 rings (SSSR count). The molecule has 16 heavy (non-hydrogen) atoms. The van der Waals surface area contributed by atoms with Gasteiger partial charge in [-0.2, -0.15) is 0 Å². The monoisotopic (exact) mass is 247 g/mol. The molecule has 0 aliphatic rings. The Labute approximate surface area is 98.2 Å². The zero-order valence-electron chi connectivity index (χ0n) is 10.5. The first-order valence-corrected chi connectivity index (χ1v) is 7.39. The molecule has 0 saturated heterocycles. The summed E-state index contributed by atoms with van der Waals surface area (Å²) in [7, 11) is 0.629. The van der Waals surface area contributed by atoms with Gasteiger partial charge in [-0.3, -0.25) is 0 Å². The van der Waals surface area contributed by atoms with Crippen molar-refractivity contribution in [1.82, 2.24) is 0 Å². The summed E-state index contributed by atoms with van der Waals surface area (Å²) in [5.74, 6) is 0. The molecule has 0 aromatic rings. The van der Waals surface area contributed by atoms with Crippen LogP contribution in [0.25, 0.3) is 0 Å². The third-order valence-electron chi connectivity index (χ3n) is 2.40. The van der Waals surface area contributed by atoms with Gasteiger partial charge in [-0.05, 0) is 19.8 Å². The molecule has 0 aliphatic heterocycles. The summed E-state index contributed by atoms with van der Waals surface area (Å²) in [6, 6.07) is 0.662. The Bertz CT molecular complexity index is 227. The average molecular weight is 247 g/mol. The molecule has 0 heterocycles. The number of hydrogen-bond donors (Lipinski definition) is 0.